The number of rotatable bonds is 2. The van der Waals surface area contributed by atoms with Crippen LogP contribution in [0.25, 0.3) is 0 Å². The molecule has 0 bridgehead atoms. The molecule has 0 aliphatic rings. The summed E-state index contributed by atoms with van der Waals surface area (Å²) in [6.45, 7) is -0.476. The standard InChI is InChI=1S/C7H5F3INO/c8-5-4(6(9)10)1-3(2-13)12-7(5)11/h1,6,13H,2H2. The molecule has 0 saturated carbocycles. The highest BCUT2D eigenvalue weighted by Gasteiger charge is 2.17. The first-order valence-corrected chi connectivity index (χ1v) is 4.38. The third-order valence-electron chi connectivity index (χ3n) is 1.40. The molecule has 1 aromatic rings. The van der Waals surface area contributed by atoms with Crippen LogP contribution in [0.2, 0.25) is 0 Å². The SMILES string of the molecule is OCc1cc(C(F)F)c(F)c(I)n1. The molecule has 13 heavy (non-hydrogen) atoms. The highest BCUT2D eigenvalue weighted by Crippen LogP contribution is 2.24. The molecule has 1 rings (SSSR count). The number of aliphatic hydroxyl groups is 1. The number of pyridine rings is 1. The van der Waals surface area contributed by atoms with Crippen LogP contribution < -0.4 is 0 Å². The smallest absolute Gasteiger partial charge is 0.266 e. The van der Waals surface area contributed by atoms with Crippen molar-refractivity contribution in [3.8, 4) is 0 Å². The van der Waals surface area contributed by atoms with E-state index in [4.69, 9.17) is 5.11 Å². The summed E-state index contributed by atoms with van der Waals surface area (Å²) < 4.78 is 37.1. The molecule has 72 valence electrons. The van der Waals surface area contributed by atoms with Crippen molar-refractivity contribution in [1.29, 1.82) is 0 Å². The van der Waals surface area contributed by atoms with Gasteiger partial charge in [-0.05, 0) is 28.7 Å². The Hall–Kier alpha value is -0.370. The molecule has 0 spiro atoms. The zero-order valence-corrected chi connectivity index (χ0v) is 8.43. The summed E-state index contributed by atoms with van der Waals surface area (Å²) in [7, 11) is 0. The molecule has 1 heterocycles. The lowest BCUT2D eigenvalue weighted by Gasteiger charge is -2.05. The quantitative estimate of drug-likeness (QED) is 0.671. The Kier molecular flexibility index (Phi) is 3.48. The van der Waals surface area contributed by atoms with Crippen molar-refractivity contribution in [2.45, 2.75) is 13.0 Å². The van der Waals surface area contributed by atoms with E-state index in [9.17, 15) is 13.2 Å². The third kappa shape index (κ3) is 2.31. The molecule has 0 aliphatic heterocycles. The fourth-order valence-corrected chi connectivity index (χ4v) is 1.43. The molecule has 0 aromatic carbocycles. The van der Waals surface area contributed by atoms with Crippen molar-refractivity contribution in [2.75, 3.05) is 0 Å². The largest absolute Gasteiger partial charge is 0.390 e. The van der Waals surface area contributed by atoms with Crippen molar-refractivity contribution < 1.29 is 18.3 Å². The Morgan fingerprint density at radius 2 is 2.15 bits per heavy atom. The molecular weight excluding hydrogens is 298 g/mol. The van der Waals surface area contributed by atoms with Crippen LogP contribution in [0.4, 0.5) is 13.2 Å². The van der Waals surface area contributed by atoms with Gasteiger partial charge in [0, 0.05) is 0 Å². The lowest BCUT2D eigenvalue weighted by molar-refractivity contribution is 0.145. The summed E-state index contributed by atoms with van der Waals surface area (Å²) in [5, 5.41) is 8.63. The van der Waals surface area contributed by atoms with Gasteiger partial charge in [-0.1, -0.05) is 0 Å². The van der Waals surface area contributed by atoms with Crippen LogP contribution in [0.5, 0.6) is 0 Å². The molecule has 0 fully saturated rings. The van der Waals surface area contributed by atoms with Crippen molar-refractivity contribution >= 4 is 22.6 Å². The number of nitrogens with zero attached hydrogens (tertiary/aromatic N) is 1. The number of alkyl halides is 2. The average molecular weight is 303 g/mol. The van der Waals surface area contributed by atoms with Crippen molar-refractivity contribution in [3.63, 3.8) is 0 Å². The van der Waals surface area contributed by atoms with Crippen LogP contribution in [-0.2, 0) is 6.61 Å². The Balaban J connectivity index is 3.25. The maximum atomic E-state index is 12.9. The van der Waals surface area contributed by atoms with Gasteiger partial charge in [-0.3, -0.25) is 0 Å². The van der Waals surface area contributed by atoms with Gasteiger partial charge in [0.1, 0.15) is 3.70 Å². The summed E-state index contributed by atoms with van der Waals surface area (Å²) in [5.74, 6) is -1.02. The summed E-state index contributed by atoms with van der Waals surface area (Å²) in [6, 6.07) is 0.863. The predicted molar refractivity (Wildman–Crippen MR) is 47.8 cm³/mol. The van der Waals surface area contributed by atoms with Crippen molar-refractivity contribution in [2.24, 2.45) is 0 Å². The van der Waals surface area contributed by atoms with Crippen LogP contribution in [0.1, 0.15) is 17.7 Å². The van der Waals surface area contributed by atoms with E-state index in [0.717, 1.165) is 6.07 Å². The number of hydrogen-bond donors (Lipinski definition) is 1. The van der Waals surface area contributed by atoms with Crippen LogP contribution in [0, 0.1) is 9.52 Å². The first-order valence-electron chi connectivity index (χ1n) is 3.30. The number of halogens is 4. The van der Waals surface area contributed by atoms with E-state index in [-0.39, 0.29) is 9.39 Å². The molecule has 1 aromatic heterocycles. The predicted octanol–water partition coefficient (Wildman–Crippen LogP) is 2.26. The third-order valence-corrected chi connectivity index (χ3v) is 2.11. The van der Waals surface area contributed by atoms with Gasteiger partial charge in [0.2, 0.25) is 0 Å². The van der Waals surface area contributed by atoms with Crippen LogP contribution in [0.3, 0.4) is 0 Å². The maximum absolute atomic E-state index is 12.9. The summed E-state index contributed by atoms with van der Waals surface area (Å²) in [6.07, 6.45) is -2.89. The van der Waals surface area contributed by atoms with Gasteiger partial charge in [-0.15, -0.1) is 0 Å². The monoisotopic (exact) mass is 303 g/mol. The van der Waals surface area contributed by atoms with E-state index in [0.29, 0.717) is 0 Å². The number of aromatic nitrogens is 1. The van der Waals surface area contributed by atoms with E-state index in [1.165, 1.54) is 22.6 Å². The number of aliphatic hydroxyl groups excluding tert-OH is 1. The second kappa shape index (κ2) is 4.23. The van der Waals surface area contributed by atoms with Gasteiger partial charge in [-0.25, -0.2) is 18.2 Å². The maximum Gasteiger partial charge on any atom is 0.266 e. The molecule has 0 amide bonds. The molecule has 0 atom stereocenters. The molecule has 0 saturated heterocycles. The van der Waals surface area contributed by atoms with Gasteiger partial charge in [0.15, 0.2) is 5.82 Å². The normalized spacial score (nSPS) is 10.9. The molecular formula is C7H5F3INO. The van der Waals surface area contributed by atoms with Gasteiger partial charge in [0.05, 0.1) is 17.9 Å². The number of hydrogen-bond acceptors (Lipinski definition) is 2. The fraction of sp³-hybridized carbons (Fsp3) is 0.286. The zero-order chi connectivity index (χ0) is 10.0. The lowest BCUT2D eigenvalue weighted by atomic mass is 10.2. The van der Waals surface area contributed by atoms with E-state index in [1.807, 2.05) is 0 Å². The van der Waals surface area contributed by atoms with E-state index < -0.39 is 24.4 Å². The van der Waals surface area contributed by atoms with E-state index in [2.05, 4.69) is 4.98 Å². The van der Waals surface area contributed by atoms with Gasteiger partial charge < -0.3 is 5.11 Å². The minimum Gasteiger partial charge on any atom is -0.390 e. The van der Waals surface area contributed by atoms with Crippen LogP contribution in [0.15, 0.2) is 6.07 Å². The fourth-order valence-electron chi connectivity index (χ4n) is 0.809. The molecule has 0 radical (unpaired) electrons. The van der Waals surface area contributed by atoms with E-state index in [1.54, 1.807) is 0 Å². The van der Waals surface area contributed by atoms with Gasteiger partial charge in [-0.2, -0.15) is 0 Å². The molecule has 6 heteroatoms. The second-order valence-corrected chi connectivity index (χ2v) is 3.29. The molecule has 1 N–H and O–H groups in total. The Bertz CT molecular complexity index is 319. The first kappa shape index (κ1) is 10.7. The van der Waals surface area contributed by atoms with Crippen molar-refractivity contribution in [3.05, 3.63) is 26.8 Å². The lowest BCUT2D eigenvalue weighted by Crippen LogP contribution is -2.01. The Labute approximate surface area is 85.9 Å². The summed E-state index contributed by atoms with van der Waals surface area (Å²) >= 11 is 1.50. The Morgan fingerprint density at radius 1 is 1.54 bits per heavy atom. The van der Waals surface area contributed by atoms with Crippen LogP contribution in [-0.4, -0.2) is 10.1 Å². The molecule has 0 aliphatic carbocycles. The van der Waals surface area contributed by atoms with Crippen LogP contribution >= 0.6 is 22.6 Å². The second-order valence-electron chi connectivity index (χ2n) is 2.27. The highest BCUT2D eigenvalue weighted by atomic mass is 127. The van der Waals surface area contributed by atoms with E-state index >= 15 is 0 Å². The van der Waals surface area contributed by atoms with Crippen molar-refractivity contribution in [1.82, 2.24) is 4.98 Å². The summed E-state index contributed by atoms with van der Waals surface area (Å²) in [5.41, 5.74) is -0.676. The summed E-state index contributed by atoms with van der Waals surface area (Å²) in [4.78, 5) is 3.56. The minimum atomic E-state index is -2.89. The highest BCUT2D eigenvalue weighted by molar-refractivity contribution is 14.1. The first-order chi connectivity index (χ1) is 6.06. The Morgan fingerprint density at radius 3 is 2.62 bits per heavy atom. The topological polar surface area (TPSA) is 33.1 Å². The molecule has 0 unspecified atom stereocenters. The zero-order valence-electron chi connectivity index (χ0n) is 6.27. The van der Waals surface area contributed by atoms with Gasteiger partial charge in [0.25, 0.3) is 6.43 Å². The molecule has 2 nitrogen and oxygen atoms in total. The average Bonchev–Trinajstić information content (AvgIpc) is 2.09. The van der Waals surface area contributed by atoms with Gasteiger partial charge >= 0.3 is 0 Å². The minimum absolute atomic E-state index is 0.0427.